The number of nitrogens with one attached hydrogen (secondary N) is 1. The Bertz CT molecular complexity index is 1120. The minimum Gasteiger partial charge on any atom is -0.496 e. The van der Waals surface area contributed by atoms with Crippen LogP contribution in [0.5, 0.6) is 11.5 Å². The molecule has 4 N–H and O–H groups in total. The van der Waals surface area contributed by atoms with E-state index in [2.05, 4.69) is 4.72 Å². The molecule has 0 radical (unpaired) electrons. The Hall–Kier alpha value is -2.08. The predicted octanol–water partition coefficient (Wildman–Crippen LogP) is 2.28. The molecule has 1 aliphatic rings. The van der Waals surface area contributed by atoms with Crippen LogP contribution < -0.4 is 19.9 Å². The third-order valence-corrected chi connectivity index (χ3v) is 7.61. The summed E-state index contributed by atoms with van der Waals surface area (Å²) in [6, 6.07) is 8.95. The number of sulfonamides is 1. The highest BCUT2D eigenvalue weighted by atomic mass is 35.5. The van der Waals surface area contributed by atoms with Crippen LogP contribution in [0.4, 0.5) is 0 Å². The number of likely N-dealkylation sites (tertiary alicyclic amines) is 1. The first-order valence-electron chi connectivity index (χ1n) is 10.6. The minimum atomic E-state index is -3.96. The van der Waals surface area contributed by atoms with Crippen molar-refractivity contribution in [2.75, 3.05) is 33.3 Å². The smallest absolute Gasteiger partial charge is 0.252 e. The second kappa shape index (κ2) is 11.6. The summed E-state index contributed by atoms with van der Waals surface area (Å²) in [4.78, 5) is 13.5. The fourth-order valence-electron chi connectivity index (χ4n) is 3.65. The lowest BCUT2D eigenvalue weighted by atomic mass is 10.1. The lowest BCUT2D eigenvalue weighted by molar-refractivity contribution is 0.0630. The van der Waals surface area contributed by atoms with Gasteiger partial charge in [-0.15, -0.1) is 0 Å². The van der Waals surface area contributed by atoms with Crippen LogP contribution in [-0.4, -0.2) is 69.8 Å². The molecule has 1 amide bonds. The van der Waals surface area contributed by atoms with E-state index >= 15 is 0 Å². The molecule has 2 aromatic carbocycles. The maximum absolute atomic E-state index is 12.6. The third-order valence-electron chi connectivity index (χ3n) is 5.45. The van der Waals surface area contributed by atoms with Gasteiger partial charge in [-0.25, -0.2) is 13.1 Å². The van der Waals surface area contributed by atoms with Crippen molar-refractivity contribution in [1.29, 1.82) is 0 Å². The van der Waals surface area contributed by atoms with Gasteiger partial charge in [-0.1, -0.05) is 23.2 Å². The molecule has 0 unspecified atom stereocenters. The summed E-state index contributed by atoms with van der Waals surface area (Å²) in [5.41, 5.74) is 5.25. The van der Waals surface area contributed by atoms with Gasteiger partial charge in [0.15, 0.2) is 0 Å². The van der Waals surface area contributed by atoms with Crippen LogP contribution in [0.3, 0.4) is 0 Å². The van der Waals surface area contributed by atoms with Crippen LogP contribution in [0.15, 0.2) is 41.3 Å². The molecule has 0 saturated carbocycles. The minimum absolute atomic E-state index is 0.0126. The molecule has 0 aliphatic carbocycles. The van der Waals surface area contributed by atoms with Crippen molar-refractivity contribution >= 4 is 39.1 Å². The highest BCUT2D eigenvalue weighted by Gasteiger charge is 2.24. The lowest BCUT2D eigenvalue weighted by Crippen LogP contribution is -2.45. The Kier molecular flexibility index (Phi) is 9.02. The number of aliphatic hydroxyl groups excluding tert-OH is 1. The number of primary amides is 1. The Morgan fingerprint density at radius 2 is 1.91 bits per heavy atom. The normalized spacial score (nSPS) is 16.2. The number of nitrogens with two attached hydrogens (primary N) is 1. The number of piperidine rings is 1. The molecule has 2 aromatic rings. The second-order valence-electron chi connectivity index (χ2n) is 7.93. The van der Waals surface area contributed by atoms with E-state index in [1.54, 1.807) is 18.2 Å². The fraction of sp³-hybridized carbons (Fsp3) is 0.409. The molecule has 1 heterocycles. The van der Waals surface area contributed by atoms with Gasteiger partial charge in [0, 0.05) is 32.2 Å². The van der Waals surface area contributed by atoms with Crippen LogP contribution in [0.25, 0.3) is 0 Å². The number of benzene rings is 2. The molecular formula is C22H27Cl2N3O6S. The molecule has 186 valence electrons. The molecular weight excluding hydrogens is 505 g/mol. The third kappa shape index (κ3) is 6.97. The van der Waals surface area contributed by atoms with Crippen molar-refractivity contribution in [1.82, 2.24) is 9.62 Å². The van der Waals surface area contributed by atoms with E-state index < -0.39 is 22.0 Å². The van der Waals surface area contributed by atoms with Gasteiger partial charge in [-0.2, -0.15) is 0 Å². The van der Waals surface area contributed by atoms with Gasteiger partial charge in [0.1, 0.15) is 17.6 Å². The maximum Gasteiger partial charge on any atom is 0.252 e. The average Bonchev–Trinajstić information content (AvgIpc) is 2.81. The number of halogens is 2. The number of methoxy groups -OCH3 is 1. The number of carbonyl (C=O) groups excluding carboxylic acids is 1. The van der Waals surface area contributed by atoms with Gasteiger partial charge in [0.05, 0.1) is 33.7 Å². The summed E-state index contributed by atoms with van der Waals surface area (Å²) in [5, 5.41) is 11.3. The van der Waals surface area contributed by atoms with Crippen LogP contribution in [0.2, 0.25) is 10.0 Å². The number of amides is 1. The number of rotatable bonds is 10. The van der Waals surface area contributed by atoms with E-state index in [-0.39, 0.29) is 28.9 Å². The summed E-state index contributed by atoms with van der Waals surface area (Å²) < 4.78 is 38.6. The Balaban J connectivity index is 1.48. The van der Waals surface area contributed by atoms with E-state index in [1.165, 1.54) is 19.2 Å². The number of ether oxygens (including phenoxy) is 2. The Labute approximate surface area is 208 Å². The maximum atomic E-state index is 12.6. The van der Waals surface area contributed by atoms with Crippen molar-refractivity contribution in [2.24, 2.45) is 5.73 Å². The largest absolute Gasteiger partial charge is 0.496 e. The highest BCUT2D eigenvalue weighted by Crippen LogP contribution is 2.28. The first kappa shape index (κ1) is 26.5. The summed E-state index contributed by atoms with van der Waals surface area (Å²) in [7, 11) is -2.61. The zero-order valence-electron chi connectivity index (χ0n) is 18.5. The van der Waals surface area contributed by atoms with Gasteiger partial charge in [0.2, 0.25) is 10.0 Å². The number of aliphatic hydroxyl groups is 1. The molecule has 1 aliphatic heterocycles. The fourth-order valence-corrected chi connectivity index (χ4v) is 5.04. The molecule has 34 heavy (non-hydrogen) atoms. The summed E-state index contributed by atoms with van der Waals surface area (Å²) in [6.07, 6.45) is 0.593. The van der Waals surface area contributed by atoms with Crippen LogP contribution in [-0.2, 0) is 10.0 Å². The standard InChI is InChI=1S/C22H27Cl2N3O6S/c1-32-21-5-3-17(11-18(21)22(25)29)34(30,31)26-12-14(28)13-27-8-6-15(7-9-27)33-16-2-4-19(23)20(24)10-16/h2-5,10-11,14-15,26,28H,6-9,12-13H2,1H3,(H2,25,29)/t14-/m1/s1. The highest BCUT2D eigenvalue weighted by molar-refractivity contribution is 7.89. The number of carbonyl (C=O) groups is 1. The van der Waals surface area contributed by atoms with Crippen molar-refractivity contribution in [3.05, 3.63) is 52.0 Å². The lowest BCUT2D eigenvalue weighted by Gasteiger charge is -2.33. The van der Waals surface area contributed by atoms with E-state index in [0.717, 1.165) is 18.9 Å². The number of nitrogens with zero attached hydrogens (tertiary/aromatic N) is 1. The molecule has 1 atom stereocenters. The van der Waals surface area contributed by atoms with Crippen molar-refractivity contribution < 1.29 is 27.8 Å². The number of hydrogen-bond donors (Lipinski definition) is 3. The van der Waals surface area contributed by atoms with Gasteiger partial charge in [0.25, 0.3) is 5.91 Å². The Morgan fingerprint density at radius 3 is 2.53 bits per heavy atom. The molecule has 1 saturated heterocycles. The molecule has 3 rings (SSSR count). The first-order chi connectivity index (χ1) is 16.1. The monoisotopic (exact) mass is 531 g/mol. The zero-order valence-corrected chi connectivity index (χ0v) is 20.9. The molecule has 0 bridgehead atoms. The van der Waals surface area contributed by atoms with Crippen LogP contribution >= 0.6 is 23.2 Å². The van der Waals surface area contributed by atoms with E-state index in [0.29, 0.717) is 35.4 Å². The van der Waals surface area contributed by atoms with Gasteiger partial charge in [-0.05, 0) is 43.2 Å². The summed E-state index contributed by atoms with van der Waals surface area (Å²) in [5.74, 6) is 0.0267. The van der Waals surface area contributed by atoms with Gasteiger partial charge < -0.3 is 25.2 Å². The molecule has 1 fully saturated rings. The van der Waals surface area contributed by atoms with Crippen LogP contribution in [0, 0.1) is 0 Å². The molecule has 0 spiro atoms. The summed E-state index contributed by atoms with van der Waals surface area (Å²) >= 11 is 12.0. The molecule has 0 aromatic heterocycles. The average molecular weight is 532 g/mol. The van der Waals surface area contributed by atoms with Crippen molar-refractivity contribution in [2.45, 2.75) is 29.9 Å². The van der Waals surface area contributed by atoms with Crippen LogP contribution in [0.1, 0.15) is 23.2 Å². The van der Waals surface area contributed by atoms with Crippen molar-refractivity contribution in [3.8, 4) is 11.5 Å². The SMILES string of the molecule is COc1ccc(S(=O)(=O)NC[C@@H](O)CN2CCC(Oc3ccc(Cl)c(Cl)c3)CC2)cc1C(N)=O. The topological polar surface area (TPSA) is 131 Å². The molecule has 9 nitrogen and oxygen atoms in total. The Morgan fingerprint density at radius 1 is 1.21 bits per heavy atom. The van der Waals surface area contributed by atoms with Gasteiger partial charge >= 0.3 is 0 Å². The predicted molar refractivity (Wildman–Crippen MR) is 129 cm³/mol. The van der Waals surface area contributed by atoms with E-state index in [1.807, 2.05) is 4.90 Å². The quantitative estimate of drug-likeness (QED) is 0.428. The zero-order chi connectivity index (χ0) is 24.9. The summed E-state index contributed by atoms with van der Waals surface area (Å²) in [6.45, 7) is 1.50. The van der Waals surface area contributed by atoms with E-state index in [9.17, 15) is 18.3 Å². The van der Waals surface area contributed by atoms with Gasteiger partial charge in [-0.3, -0.25) is 4.79 Å². The molecule has 12 heteroatoms. The first-order valence-corrected chi connectivity index (χ1v) is 12.8. The number of β-amino-alcohol motifs (C(OH)–C–C–N with tert-alkyl or cyclic N) is 1. The van der Waals surface area contributed by atoms with E-state index in [4.69, 9.17) is 38.4 Å². The second-order valence-corrected chi connectivity index (χ2v) is 10.5. The number of hydrogen-bond acceptors (Lipinski definition) is 7. The van der Waals surface area contributed by atoms with Crippen molar-refractivity contribution in [3.63, 3.8) is 0 Å².